The molecule has 5 rings (SSSR count). The van der Waals surface area contributed by atoms with Gasteiger partial charge in [0.1, 0.15) is 11.6 Å². The lowest BCUT2D eigenvalue weighted by Crippen LogP contribution is -2.55. The molecule has 2 atom stereocenters. The van der Waals surface area contributed by atoms with Gasteiger partial charge in [-0.2, -0.15) is 13.2 Å². The number of pyridine rings is 1. The molecule has 0 unspecified atom stereocenters. The number of aromatic nitrogens is 1. The number of alkyl halides is 5. The van der Waals surface area contributed by atoms with Crippen molar-refractivity contribution >= 4 is 23.2 Å². The van der Waals surface area contributed by atoms with Gasteiger partial charge in [0.05, 0.1) is 28.1 Å². The Morgan fingerprint density at radius 3 is 2.17 bits per heavy atom. The number of rotatable bonds is 6. The highest BCUT2D eigenvalue weighted by atomic mass is 19.4. The summed E-state index contributed by atoms with van der Waals surface area (Å²) in [7, 11) is 1.92. The Morgan fingerprint density at radius 1 is 0.917 bits per heavy atom. The number of amides is 2. The smallest absolute Gasteiger partial charge is 0.367 e. The highest BCUT2D eigenvalue weighted by Gasteiger charge is 2.37. The number of halogens is 7. The molecule has 2 amide bonds. The largest absolute Gasteiger partial charge is 0.417 e. The van der Waals surface area contributed by atoms with E-state index in [0.29, 0.717) is 19.3 Å². The van der Waals surface area contributed by atoms with Crippen molar-refractivity contribution in [3.8, 4) is 11.1 Å². The molecule has 3 aromatic rings. The second-order valence-corrected chi connectivity index (χ2v) is 12.5. The van der Waals surface area contributed by atoms with Crippen molar-refractivity contribution in [2.75, 3.05) is 30.4 Å². The fourth-order valence-electron chi connectivity index (χ4n) is 6.14. The number of anilines is 2. The summed E-state index contributed by atoms with van der Waals surface area (Å²) in [6, 6.07) is 5.21. The van der Waals surface area contributed by atoms with Crippen molar-refractivity contribution in [2.24, 2.45) is 0 Å². The molecule has 3 N–H and O–H groups in total. The molecule has 2 aliphatic rings. The maximum atomic E-state index is 15.8. The van der Waals surface area contributed by atoms with Crippen molar-refractivity contribution in [2.45, 2.75) is 69.8 Å². The van der Waals surface area contributed by atoms with Crippen LogP contribution in [0.2, 0.25) is 0 Å². The molecule has 1 aliphatic heterocycles. The Labute approximate surface area is 271 Å². The zero-order valence-electron chi connectivity index (χ0n) is 26.3. The summed E-state index contributed by atoms with van der Waals surface area (Å²) in [5, 5.41) is 4.99. The standard InChI is InChI=1S/C33H34F7N5O3/c1-17-15-45(16-18(2)44(17)3)28-13-26(35)22(11-27(28)43-31(48)23-14-41-29(46)12-24(23)33(38,39)40)19-4-5-21(25(34)10-19)30(47)42-20-6-8-32(36,37)9-7-20/h4-5,10-14,17-18,20H,6-9,15-16H2,1-3H3,(H,41,46)(H,42,47)(H,43,48)/t17-,18+. The maximum absolute atomic E-state index is 15.8. The Kier molecular flexibility index (Phi) is 9.64. The van der Waals surface area contributed by atoms with E-state index in [9.17, 15) is 36.3 Å². The first-order valence-electron chi connectivity index (χ1n) is 15.3. The molecular weight excluding hydrogens is 647 g/mol. The molecule has 1 aliphatic carbocycles. The van der Waals surface area contributed by atoms with Gasteiger partial charge < -0.3 is 20.5 Å². The van der Waals surface area contributed by atoms with E-state index in [1.807, 2.05) is 20.9 Å². The number of hydrogen-bond donors (Lipinski definition) is 3. The summed E-state index contributed by atoms with van der Waals surface area (Å²) >= 11 is 0. The summed E-state index contributed by atoms with van der Waals surface area (Å²) < 4.78 is 99.4. The first kappa shape index (κ1) is 34.9. The van der Waals surface area contributed by atoms with E-state index in [-0.39, 0.29) is 59.1 Å². The van der Waals surface area contributed by atoms with Gasteiger partial charge in [0.25, 0.3) is 11.8 Å². The molecule has 8 nitrogen and oxygen atoms in total. The second kappa shape index (κ2) is 13.2. The predicted octanol–water partition coefficient (Wildman–Crippen LogP) is 6.43. The molecule has 1 saturated carbocycles. The van der Waals surface area contributed by atoms with Crippen LogP contribution in [-0.2, 0) is 6.18 Å². The molecular formula is C33H34F7N5O3. The van der Waals surface area contributed by atoms with E-state index in [1.54, 1.807) is 4.90 Å². The fraction of sp³-hybridized carbons (Fsp3) is 0.424. The van der Waals surface area contributed by atoms with E-state index in [0.717, 1.165) is 18.2 Å². The molecule has 258 valence electrons. The quantitative estimate of drug-likeness (QED) is 0.261. The second-order valence-electron chi connectivity index (χ2n) is 12.5. The van der Waals surface area contributed by atoms with Crippen molar-refractivity contribution in [1.82, 2.24) is 15.2 Å². The van der Waals surface area contributed by atoms with Crippen molar-refractivity contribution in [3.05, 3.63) is 81.3 Å². The third-order valence-electron chi connectivity index (χ3n) is 9.09. The number of H-pyrrole nitrogens is 1. The number of nitrogens with zero attached hydrogens (tertiary/aromatic N) is 2. The minimum atomic E-state index is -5.03. The molecule has 48 heavy (non-hydrogen) atoms. The van der Waals surface area contributed by atoms with Crippen LogP contribution >= 0.6 is 0 Å². The van der Waals surface area contributed by atoms with Gasteiger partial charge in [0.2, 0.25) is 11.5 Å². The zero-order chi connectivity index (χ0) is 35.1. The number of hydrogen-bond acceptors (Lipinski definition) is 5. The van der Waals surface area contributed by atoms with Gasteiger partial charge in [-0.1, -0.05) is 6.07 Å². The summed E-state index contributed by atoms with van der Waals surface area (Å²) in [6.07, 6.45) is -5.15. The van der Waals surface area contributed by atoms with E-state index < -0.39 is 71.1 Å². The Hall–Kier alpha value is -4.40. The van der Waals surface area contributed by atoms with Crippen LogP contribution < -0.4 is 21.1 Å². The van der Waals surface area contributed by atoms with Crippen molar-refractivity contribution in [1.29, 1.82) is 0 Å². The van der Waals surface area contributed by atoms with E-state index in [4.69, 9.17) is 0 Å². The van der Waals surface area contributed by atoms with Gasteiger partial charge in [0.15, 0.2) is 0 Å². The topological polar surface area (TPSA) is 97.5 Å². The summed E-state index contributed by atoms with van der Waals surface area (Å²) in [5.74, 6) is -6.72. The van der Waals surface area contributed by atoms with Crippen LogP contribution in [0.5, 0.6) is 0 Å². The number of nitrogens with one attached hydrogen (secondary N) is 3. The molecule has 0 radical (unpaired) electrons. The third kappa shape index (κ3) is 7.50. The van der Waals surface area contributed by atoms with E-state index in [2.05, 4.69) is 20.5 Å². The lowest BCUT2D eigenvalue weighted by Gasteiger charge is -2.44. The Balaban J connectivity index is 1.50. The lowest BCUT2D eigenvalue weighted by atomic mass is 9.92. The van der Waals surface area contributed by atoms with Crippen molar-refractivity contribution in [3.63, 3.8) is 0 Å². The van der Waals surface area contributed by atoms with Crippen LogP contribution in [-0.4, -0.2) is 65.9 Å². The average Bonchev–Trinajstić information content (AvgIpc) is 3.00. The van der Waals surface area contributed by atoms with Crippen LogP contribution in [0.1, 0.15) is 65.8 Å². The fourth-order valence-corrected chi connectivity index (χ4v) is 6.14. The van der Waals surface area contributed by atoms with Crippen LogP contribution in [0.3, 0.4) is 0 Å². The Bertz CT molecular complexity index is 1760. The molecule has 1 aromatic heterocycles. The molecule has 2 fully saturated rings. The number of benzene rings is 2. The minimum Gasteiger partial charge on any atom is -0.367 e. The number of carbonyl (C=O) groups is 2. The van der Waals surface area contributed by atoms with Gasteiger partial charge >= 0.3 is 6.18 Å². The summed E-state index contributed by atoms with van der Waals surface area (Å²) in [6.45, 7) is 4.63. The molecule has 2 heterocycles. The van der Waals surface area contributed by atoms with Gasteiger partial charge in [-0.3, -0.25) is 19.3 Å². The Morgan fingerprint density at radius 2 is 1.56 bits per heavy atom. The first-order chi connectivity index (χ1) is 22.4. The van der Waals surface area contributed by atoms with Crippen LogP contribution in [0.15, 0.2) is 47.4 Å². The normalized spacial score (nSPS) is 20.4. The van der Waals surface area contributed by atoms with Crippen LogP contribution in [0.4, 0.5) is 42.1 Å². The monoisotopic (exact) mass is 681 g/mol. The molecule has 0 bridgehead atoms. The minimum absolute atomic E-state index is 0.0195. The van der Waals surface area contributed by atoms with Gasteiger partial charge in [-0.05, 0) is 63.6 Å². The number of aromatic amines is 1. The summed E-state index contributed by atoms with van der Waals surface area (Å²) in [4.78, 5) is 43.7. The molecule has 2 aromatic carbocycles. The van der Waals surface area contributed by atoms with Crippen molar-refractivity contribution < 1.29 is 40.3 Å². The first-order valence-corrected chi connectivity index (χ1v) is 15.3. The highest BCUT2D eigenvalue weighted by molar-refractivity contribution is 6.07. The van der Waals surface area contributed by atoms with Gasteiger partial charge in [-0.15, -0.1) is 0 Å². The van der Waals surface area contributed by atoms with Gasteiger partial charge in [0, 0.05) is 61.9 Å². The number of carbonyl (C=O) groups excluding carboxylic acids is 2. The highest BCUT2D eigenvalue weighted by Crippen LogP contribution is 2.38. The zero-order valence-corrected chi connectivity index (χ0v) is 26.3. The molecule has 15 heteroatoms. The van der Waals surface area contributed by atoms with Gasteiger partial charge in [-0.25, -0.2) is 17.6 Å². The third-order valence-corrected chi connectivity index (χ3v) is 9.09. The molecule has 0 spiro atoms. The van der Waals surface area contributed by atoms with E-state index in [1.165, 1.54) is 12.1 Å². The number of piperazine rings is 1. The van der Waals surface area contributed by atoms with E-state index >= 15 is 8.78 Å². The van der Waals surface area contributed by atoms with Crippen LogP contribution in [0.25, 0.3) is 11.1 Å². The average molecular weight is 682 g/mol. The SMILES string of the molecule is C[C@@H]1CN(c2cc(F)c(-c3ccc(C(=O)NC4CCC(F)(F)CC4)c(F)c3)cc2NC(=O)c2c[nH]c(=O)cc2C(F)(F)F)C[C@H](C)N1C. The maximum Gasteiger partial charge on any atom is 0.417 e. The molecule has 1 saturated heterocycles. The van der Waals surface area contributed by atoms with Crippen LogP contribution in [0, 0.1) is 11.6 Å². The summed E-state index contributed by atoms with van der Waals surface area (Å²) in [5.41, 5.74) is -3.96. The predicted molar refractivity (Wildman–Crippen MR) is 165 cm³/mol. The lowest BCUT2D eigenvalue weighted by molar-refractivity contribution is -0.138. The number of likely N-dealkylation sites (N-methyl/N-ethyl adjacent to an activating group) is 1.